The van der Waals surface area contributed by atoms with Crippen LogP contribution in [-0.2, 0) is 4.74 Å². The van der Waals surface area contributed by atoms with Crippen molar-refractivity contribution >= 4 is 5.69 Å². The first-order valence-corrected chi connectivity index (χ1v) is 5.38. The van der Waals surface area contributed by atoms with E-state index in [1.165, 1.54) is 7.11 Å². The van der Waals surface area contributed by atoms with Crippen LogP contribution < -0.4 is 15.2 Å². The lowest BCUT2D eigenvalue weighted by Gasteiger charge is -2.22. The van der Waals surface area contributed by atoms with Gasteiger partial charge in [0.25, 0.3) is 0 Å². The molecule has 1 atom stereocenters. The molecule has 0 aromatic carbocycles. The van der Waals surface area contributed by atoms with Crippen LogP contribution in [0, 0.1) is 0 Å². The number of anilines is 1. The van der Waals surface area contributed by atoms with E-state index in [0.717, 1.165) is 25.9 Å². The highest BCUT2D eigenvalue weighted by atomic mass is 16.7. The number of nitrogens with zero attached hydrogens (tertiary/aromatic N) is 1. The number of pyridine rings is 1. The Morgan fingerprint density at radius 2 is 2.31 bits per heavy atom. The number of ether oxygens (including phenoxy) is 3. The van der Waals surface area contributed by atoms with E-state index in [1.807, 2.05) is 0 Å². The van der Waals surface area contributed by atoms with E-state index >= 15 is 0 Å². The fraction of sp³-hybridized carbons (Fsp3) is 0.545. The van der Waals surface area contributed by atoms with E-state index in [-0.39, 0.29) is 6.29 Å². The molecule has 88 valence electrons. The summed E-state index contributed by atoms with van der Waals surface area (Å²) in [7, 11) is 1.53. The van der Waals surface area contributed by atoms with Crippen molar-refractivity contribution in [2.75, 3.05) is 19.5 Å². The number of methoxy groups -OCH3 is 1. The van der Waals surface area contributed by atoms with Gasteiger partial charge in [-0.05, 0) is 18.9 Å². The number of rotatable bonds is 3. The lowest BCUT2D eigenvalue weighted by Crippen LogP contribution is -2.25. The highest BCUT2D eigenvalue weighted by molar-refractivity contribution is 5.49. The van der Waals surface area contributed by atoms with E-state index < -0.39 is 0 Å². The summed E-state index contributed by atoms with van der Waals surface area (Å²) in [5, 5.41) is 0. The van der Waals surface area contributed by atoms with Crippen LogP contribution in [0.2, 0.25) is 0 Å². The second-order valence-electron chi connectivity index (χ2n) is 3.66. The number of nitrogens with two attached hydrogens (primary N) is 1. The molecule has 2 heterocycles. The molecule has 1 aromatic rings. The maximum atomic E-state index is 5.66. The average molecular weight is 224 g/mol. The topological polar surface area (TPSA) is 66.6 Å². The molecule has 0 spiro atoms. The number of aromatic nitrogens is 1. The first kappa shape index (κ1) is 11.0. The molecular weight excluding hydrogens is 208 g/mol. The summed E-state index contributed by atoms with van der Waals surface area (Å²) in [4.78, 5) is 4.14. The molecule has 0 radical (unpaired) electrons. The summed E-state index contributed by atoms with van der Waals surface area (Å²) in [5.74, 6) is 0.867. The van der Waals surface area contributed by atoms with Crippen LogP contribution in [0.15, 0.2) is 12.1 Å². The molecular formula is C11H16N2O3. The van der Waals surface area contributed by atoms with Crippen molar-refractivity contribution in [1.29, 1.82) is 0 Å². The molecule has 1 aliphatic heterocycles. The van der Waals surface area contributed by atoms with Crippen molar-refractivity contribution < 1.29 is 14.2 Å². The molecule has 1 aliphatic rings. The Morgan fingerprint density at radius 1 is 1.44 bits per heavy atom. The molecule has 0 aliphatic carbocycles. The predicted molar refractivity (Wildman–Crippen MR) is 59.4 cm³/mol. The van der Waals surface area contributed by atoms with Gasteiger partial charge in [0.15, 0.2) is 0 Å². The molecule has 1 fully saturated rings. The van der Waals surface area contributed by atoms with Crippen LogP contribution in [0.5, 0.6) is 11.8 Å². The molecule has 0 saturated carbocycles. The van der Waals surface area contributed by atoms with Crippen LogP contribution >= 0.6 is 0 Å². The number of hydrogen-bond donors (Lipinski definition) is 1. The predicted octanol–water partition coefficient (Wildman–Crippen LogP) is 1.58. The highest BCUT2D eigenvalue weighted by Crippen LogP contribution is 2.23. The molecule has 2 N–H and O–H groups in total. The number of nitrogen functional groups attached to an aromatic ring is 1. The van der Waals surface area contributed by atoms with E-state index in [1.54, 1.807) is 12.1 Å². The lowest BCUT2D eigenvalue weighted by atomic mass is 10.2. The summed E-state index contributed by atoms with van der Waals surface area (Å²) >= 11 is 0. The SMILES string of the molecule is COc1nc(OC2CCCCO2)ccc1N. The second kappa shape index (κ2) is 5.03. The molecule has 16 heavy (non-hydrogen) atoms. The zero-order valence-electron chi connectivity index (χ0n) is 9.31. The van der Waals surface area contributed by atoms with Gasteiger partial charge in [-0.25, -0.2) is 0 Å². The van der Waals surface area contributed by atoms with Crippen molar-refractivity contribution in [3.63, 3.8) is 0 Å². The van der Waals surface area contributed by atoms with Crippen LogP contribution in [0.25, 0.3) is 0 Å². The summed E-state index contributed by atoms with van der Waals surface area (Å²) in [6, 6.07) is 3.43. The smallest absolute Gasteiger partial charge is 0.240 e. The van der Waals surface area contributed by atoms with Crippen LogP contribution in [-0.4, -0.2) is 25.0 Å². The Balaban J connectivity index is 2.03. The molecule has 2 rings (SSSR count). The molecule has 0 bridgehead atoms. The van der Waals surface area contributed by atoms with E-state index in [4.69, 9.17) is 19.9 Å². The average Bonchev–Trinajstić information content (AvgIpc) is 2.33. The van der Waals surface area contributed by atoms with Gasteiger partial charge in [0.1, 0.15) is 0 Å². The third-order valence-electron chi connectivity index (χ3n) is 2.45. The first-order valence-electron chi connectivity index (χ1n) is 5.38. The van der Waals surface area contributed by atoms with Gasteiger partial charge in [0.05, 0.1) is 19.4 Å². The molecule has 0 amide bonds. The lowest BCUT2D eigenvalue weighted by molar-refractivity contribution is -0.107. The normalized spacial score (nSPS) is 20.4. The first-order chi connectivity index (χ1) is 7.79. The van der Waals surface area contributed by atoms with E-state index in [2.05, 4.69) is 4.98 Å². The Hall–Kier alpha value is -1.49. The minimum absolute atomic E-state index is 0.199. The van der Waals surface area contributed by atoms with Crippen LogP contribution in [0.1, 0.15) is 19.3 Å². The highest BCUT2D eigenvalue weighted by Gasteiger charge is 2.16. The van der Waals surface area contributed by atoms with Crippen LogP contribution in [0.3, 0.4) is 0 Å². The zero-order valence-corrected chi connectivity index (χ0v) is 9.31. The Bertz CT molecular complexity index is 351. The number of hydrogen-bond acceptors (Lipinski definition) is 5. The van der Waals surface area contributed by atoms with E-state index in [0.29, 0.717) is 17.4 Å². The molecule has 1 aromatic heterocycles. The van der Waals surface area contributed by atoms with Gasteiger partial charge in [-0.3, -0.25) is 0 Å². The Kier molecular flexibility index (Phi) is 3.46. The minimum Gasteiger partial charge on any atom is -0.479 e. The van der Waals surface area contributed by atoms with Crippen molar-refractivity contribution in [3.8, 4) is 11.8 Å². The summed E-state index contributed by atoms with van der Waals surface area (Å²) in [6.45, 7) is 0.747. The van der Waals surface area contributed by atoms with Crippen molar-refractivity contribution in [1.82, 2.24) is 4.98 Å². The van der Waals surface area contributed by atoms with Gasteiger partial charge >= 0.3 is 0 Å². The maximum absolute atomic E-state index is 5.66. The van der Waals surface area contributed by atoms with Crippen molar-refractivity contribution in [2.24, 2.45) is 0 Å². The third-order valence-corrected chi connectivity index (χ3v) is 2.45. The van der Waals surface area contributed by atoms with Crippen molar-refractivity contribution in [3.05, 3.63) is 12.1 Å². The largest absolute Gasteiger partial charge is 0.479 e. The molecule has 1 unspecified atom stereocenters. The standard InChI is InChI=1S/C11H16N2O3/c1-14-11-8(12)5-6-9(13-11)16-10-4-2-3-7-15-10/h5-6,10H,2-4,7,12H2,1H3. The zero-order chi connectivity index (χ0) is 11.4. The molecule has 5 nitrogen and oxygen atoms in total. The van der Waals surface area contributed by atoms with Crippen molar-refractivity contribution in [2.45, 2.75) is 25.6 Å². The third kappa shape index (κ3) is 2.55. The van der Waals surface area contributed by atoms with Gasteiger partial charge in [-0.15, -0.1) is 0 Å². The molecule has 1 saturated heterocycles. The Labute approximate surface area is 94.5 Å². The fourth-order valence-corrected chi connectivity index (χ4v) is 1.60. The quantitative estimate of drug-likeness (QED) is 0.844. The Morgan fingerprint density at radius 3 is 3.00 bits per heavy atom. The summed E-state index contributed by atoms with van der Waals surface area (Å²) < 4.78 is 16.1. The van der Waals surface area contributed by atoms with Gasteiger partial charge in [0, 0.05) is 12.5 Å². The van der Waals surface area contributed by atoms with Crippen LogP contribution in [0.4, 0.5) is 5.69 Å². The summed E-state index contributed by atoms with van der Waals surface area (Å²) in [5.41, 5.74) is 6.16. The summed E-state index contributed by atoms with van der Waals surface area (Å²) in [6.07, 6.45) is 2.92. The van der Waals surface area contributed by atoms with Gasteiger partial charge < -0.3 is 19.9 Å². The second-order valence-corrected chi connectivity index (χ2v) is 3.66. The van der Waals surface area contributed by atoms with Gasteiger partial charge in [-0.1, -0.05) is 0 Å². The van der Waals surface area contributed by atoms with Gasteiger partial charge in [-0.2, -0.15) is 4.98 Å². The minimum atomic E-state index is -0.199. The van der Waals surface area contributed by atoms with Gasteiger partial charge in [0.2, 0.25) is 18.1 Å². The van der Waals surface area contributed by atoms with E-state index in [9.17, 15) is 0 Å². The maximum Gasteiger partial charge on any atom is 0.240 e. The fourth-order valence-electron chi connectivity index (χ4n) is 1.60. The molecule has 5 heteroatoms. The monoisotopic (exact) mass is 224 g/mol.